The van der Waals surface area contributed by atoms with Crippen molar-refractivity contribution in [3.63, 3.8) is 0 Å². The molecule has 3 nitrogen and oxygen atoms in total. The molecule has 1 unspecified atom stereocenters. The Morgan fingerprint density at radius 1 is 1.29 bits per heavy atom. The summed E-state index contributed by atoms with van der Waals surface area (Å²) in [5.74, 6) is 0.362. The largest absolute Gasteiger partial charge is 0.396 e. The first-order chi connectivity index (χ1) is 6.54. The summed E-state index contributed by atoms with van der Waals surface area (Å²) >= 11 is 0. The third-order valence-electron chi connectivity index (χ3n) is 3.03. The smallest absolute Gasteiger partial charge is 0.0594 e. The molecule has 1 heterocycles. The van der Waals surface area contributed by atoms with E-state index in [1.54, 1.807) is 0 Å². The lowest BCUT2D eigenvalue weighted by Crippen LogP contribution is -2.43. The third kappa shape index (κ3) is 3.56. The Morgan fingerprint density at radius 3 is 2.29 bits per heavy atom. The van der Waals surface area contributed by atoms with E-state index in [9.17, 15) is 5.11 Å². The highest BCUT2D eigenvalue weighted by Gasteiger charge is 2.26. The maximum atomic E-state index is 9.33. The predicted molar refractivity (Wildman–Crippen MR) is 57.3 cm³/mol. The van der Waals surface area contributed by atoms with Crippen LogP contribution in [0.25, 0.3) is 0 Å². The fourth-order valence-corrected chi connectivity index (χ4v) is 1.70. The minimum atomic E-state index is 0.188. The lowest BCUT2D eigenvalue weighted by atomic mass is 9.81. The van der Waals surface area contributed by atoms with Crippen LogP contribution < -0.4 is 0 Å². The molecule has 0 aromatic heterocycles. The fourth-order valence-electron chi connectivity index (χ4n) is 1.70. The number of hydrogen-bond acceptors (Lipinski definition) is 3. The molecule has 0 aromatic carbocycles. The fraction of sp³-hybridized carbons (Fsp3) is 1.00. The minimum Gasteiger partial charge on any atom is -0.396 e. The summed E-state index contributed by atoms with van der Waals surface area (Å²) in [5, 5.41) is 9.33. The van der Waals surface area contributed by atoms with Crippen LogP contribution in [0.2, 0.25) is 0 Å². The molecule has 0 saturated carbocycles. The van der Waals surface area contributed by atoms with Crippen molar-refractivity contribution in [2.24, 2.45) is 11.3 Å². The van der Waals surface area contributed by atoms with Crippen LogP contribution in [-0.2, 0) is 4.74 Å². The van der Waals surface area contributed by atoms with Crippen molar-refractivity contribution in [1.29, 1.82) is 0 Å². The first kappa shape index (κ1) is 12.0. The molecular weight excluding hydrogens is 178 g/mol. The molecule has 1 N–H and O–H groups in total. The molecule has 0 bridgehead atoms. The second kappa shape index (κ2) is 5.10. The Balaban J connectivity index is 2.39. The number of nitrogens with zero attached hydrogens (tertiary/aromatic N) is 1. The SMILES string of the molecule is CC(C)(C)C(CO)CN1CCOCC1. The van der Waals surface area contributed by atoms with Gasteiger partial charge in [0.15, 0.2) is 0 Å². The number of morpholine rings is 1. The molecule has 1 atom stereocenters. The monoisotopic (exact) mass is 201 g/mol. The summed E-state index contributed by atoms with van der Waals surface area (Å²) in [7, 11) is 0. The summed E-state index contributed by atoms with van der Waals surface area (Å²) in [4.78, 5) is 2.38. The molecule has 0 spiro atoms. The van der Waals surface area contributed by atoms with Crippen molar-refractivity contribution in [2.45, 2.75) is 20.8 Å². The Labute approximate surface area is 87.1 Å². The van der Waals surface area contributed by atoms with Crippen molar-refractivity contribution >= 4 is 0 Å². The van der Waals surface area contributed by atoms with Gasteiger partial charge >= 0.3 is 0 Å². The van der Waals surface area contributed by atoms with E-state index in [4.69, 9.17) is 4.74 Å². The van der Waals surface area contributed by atoms with Gasteiger partial charge in [0.2, 0.25) is 0 Å². The molecule has 0 radical (unpaired) electrons. The first-order valence-electron chi connectivity index (χ1n) is 5.45. The molecule has 84 valence electrons. The molecule has 1 saturated heterocycles. The van der Waals surface area contributed by atoms with Crippen LogP contribution in [0.5, 0.6) is 0 Å². The number of hydrogen-bond donors (Lipinski definition) is 1. The summed E-state index contributed by atoms with van der Waals surface area (Å²) < 4.78 is 5.30. The molecule has 1 fully saturated rings. The number of ether oxygens (including phenoxy) is 1. The molecule has 14 heavy (non-hydrogen) atoms. The highest BCUT2D eigenvalue weighted by atomic mass is 16.5. The van der Waals surface area contributed by atoms with E-state index >= 15 is 0 Å². The van der Waals surface area contributed by atoms with Crippen LogP contribution in [0.15, 0.2) is 0 Å². The molecule has 1 rings (SSSR count). The molecule has 1 aliphatic heterocycles. The predicted octanol–water partition coefficient (Wildman–Crippen LogP) is 0.973. The molecule has 1 aliphatic rings. The van der Waals surface area contributed by atoms with Crippen LogP contribution in [0, 0.1) is 11.3 Å². The molecule has 3 heteroatoms. The zero-order valence-electron chi connectivity index (χ0n) is 9.62. The van der Waals surface area contributed by atoms with Gasteiger partial charge in [-0.3, -0.25) is 4.90 Å². The van der Waals surface area contributed by atoms with Gasteiger partial charge in [0, 0.05) is 26.2 Å². The number of rotatable bonds is 3. The Bertz CT molecular complexity index is 159. The van der Waals surface area contributed by atoms with E-state index in [1.807, 2.05) is 0 Å². The van der Waals surface area contributed by atoms with E-state index < -0.39 is 0 Å². The molecule has 0 amide bonds. The quantitative estimate of drug-likeness (QED) is 0.738. The van der Waals surface area contributed by atoms with Gasteiger partial charge in [-0.05, 0) is 11.3 Å². The van der Waals surface area contributed by atoms with E-state index in [0.717, 1.165) is 32.8 Å². The third-order valence-corrected chi connectivity index (χ3v) is 3.03. The van der Waals surface area contributed by atoms with Gasteiger partial charge in [-0.15, -0.1) is 0 Å². The van der Waals surface area contributed by atoms with E-state index in [-0.39, 0.29) is 12.0 Å². The van der Waals surface area contributed by atoms with Crippen molar-refractivity contribution in [1.82, 2.24) is 4.90 Å². The normalized spacial score (nSPS) is 22.3. The van der Waals surface area contributed by atoms with Crippen LogP contribution in [-0.4, -0.2) is 49.5 Å². The average molecular weight is 201 g/mol. The second-order valence-corrected chi connectivity index (χ2v) is 5.16. The molecule has 0 aromatic rings. The zero-order chi connectivity index (χ0) is 10.6. The van der Waals surface area contributed by atoms with Crippen LogP contribution in [0.1, 0.15) is 20.8 Å². The lowest BCUT2D eigenvalue weighted by molar-refractivity contribution is 0.00971. The van der Waals surface area contributed by atoms with E-state index in [2.05, 4.69) is 25.7 Å². The second-order valence-electron chi connectivity index (χ2n) is 5.16. The van der Waals surface area contributed by atoms with Crippen LogP contribution in [0.3, 0.4) is 0 Å². The Hall–Kier alpha value is -0.120. The maximum absolute atomic E-state index is 9.33. The van der Waals surface area contributed by atoms with Crippen molar-refractivity contribution in [2.75, 3.05) is 39.5 Å². The van der Waals surface area contributed by atoms with Gasteiger partial charge in [-0.2, -0.15) is 0 Å². The standard InChI is InChI=1S/C11H23NO2/c1-11(2,3)10(9-13)8-12-4-6-14-7-5-12/h10,13H,4-9H2,1-3H3. The maximum Gasteiger partial charge on any atom is 0.0594 e. The zero-order valence-corrected chi connectivity index (χ0v) is 9.62. The van der Waals surface area contributed by atoms with Gasteiger partial charge in [-0.25, -0.2) is 0 Å². The van der Waals surface area contributed by atoms with Crippen LogP contribution >= 0.6 is 0 Å². The summed E-state index contributed by atoms with van der Waals surface area (Å²) in [6.45, 7) is 11.5. The highest BCUT2D eigenvalue weighted by Crippen LogP contribution is 2.26. The Morgan fingerprint density at radius 2 is 1.86 bits per heavy atom. The summed E-state index contributed by atoms with van der Waals surface area (Å²) in [5.41, 5.74) is 0.188. The van der Waals surface area contributed by atoms with Crippen molar-refractivity contribution in [3.8, 4) is 0 Å². The minimum absolute atomic E-state index is 0.188. The van der Waals surface area contributed by atoms with Crippen LogP contribution in [0.4, 0.5) is 0 Å². The van der Waals surface area contributed by atoms with Crippen molar-refractivity contribution < 1.29 is 9.84 Å². The number of aliphatic hydroxyl groups is 1. The average Bonchev–Trinajstić information content (AvgIpc) is 2.14. The molecular formula is C11H23NO2. The Kier molecular flexibility index (Phi) is 4.35. The van der Waals surface area contributed by atoms with Gasteiger partial charge in [0.1, 0.15) is 0 Å². The van der Waals surface area contributed by atoms with Crippen molar-refractivity contribution in [3.05, 3.63) is 0 Å². The van der Waals surface area contributed by atoms with Gasteiger partial charge < -0.3 is 9.84 Å². The summed E-state index contributed by atoms with van der Waals surface area (Å²) in [6, 6.07) is 0. The highest BCUT2D eigenvalue weighted by molar-refractivity contribution is 4.77. The van der Waals surface area contributed by atoms with E-state index in [0.29, 0.717) is 5.92 Å². The summed E-state index contributed by atoms with van der Waals surface area (Å²) in [6.07, 6.45) is 0. The van der Waals surface area contributed by atoms with Gasteiger partial charge in [0.05, 0.1) is 13.2 Å². The first-order valence-corrected chi connectivity index (χ1v) is 5.45. The lowest BCUT2D eigenvalue weighted by Gasteiger charge is -2.35. The van der Waals surface area contributed by atoms with E-state index in [1.165, 1.54) is 0 Å². The van der Waals surface area contributed by atoms with Gasteiger partial charge in [0.25, 0.3) is 0 Å². The number of aliphatic hydroxyl groups excluding tert-OH is 1. The van der Waals surface area contributed by atoms with Gasteiger partial charge in [-0.1, -0.05) is 20.8 Å². The topological polar surface area (TPSA) is 32.7 Å². The molecule has 0 aliphatic carbocycles.